The number of nitrogens with one attached hydrogen (secondary N) is 2. The summed E-state index contributed by atoms with van der Waals surface area (Å²) in [5.74, 6) is 0.986. The number of carbonyl (C=O) groups excluding carboxylic acids is 2. The number of nitrogens with zero attached hydrogens (tertiary/aromatic N) is 1. The van der Waals surface area contributed by atoms with Gasteiger partial charge in [0.1, 0.15) is 0 Å². The third-order valence-electron chi connectivity index (χ3n) is 4.75. The molecule has 0 aromatic rings. The monoisotopic (exact) mass is 279 g/mol. The van der Waals surface area contributed by atoms with Crippen LogP contribution in [0.2, 0.25) is 0 Å². The highest BCUT2D eigenvalue weighted by Crippen LogP contribution is 2.31. The molecule has 2 saturated heterocycles. The number of hydrogen-bond donors (Lipinski definition) is 2. The van der Waals surface area contributed by atoms with E-state index in [4.69, 9.17) is 0 Å². The SMILES string of the molecule is O=C(NC1CCN(C(=O)C2CC2)CC1)[C@@H]1CCCNC1. The van der Waals surface area contributed by atoms with Crippen LogP contribution in [0, 0.1) is 11.8 Å². The van der Waals surface area contributed by atoms with Gasteiger partial charge in [0.15, 0.2) is 0 Å². The maximum absolute atomic E-state index is 12.2. The second kappa shape index (κ2) is 6.12. The smallest absolute Gasteiger partial charge is 0.225 e. The van der Waals surface area contributed by atoms with Crippen LogP contribution in [0.3, 0.4) is 0 Å². The van der Waals surface area contributed by atoms with Crippen LogP contribution in [-0.2, 0) is 9.59 Å². The van der Waals surface area contributed by atoms with Gasteiger partial charge in [0.25, 0.3) is 0 Å². The molecule has 1 saturated carbocycles. The topological polar surface area (TPSA) is 61.4 Å². The highest BCUT2D eigenvalue weighted by atomic mass is 16.2. The van der Waals surface area contributed by atoms with Gasteiger partial charge in [-0.15, -0.1) is 0 Å². The fourth-order valence-corrected chi connectivity index (χ4v) is 3.23. The van der Waals surface area contributed by atoms with Gasteiger partial charge in [0, 0.05) is 31.6 Å². The number of rotatable bonds is 3. The lowest BCUT2D eigenvalue weighted by molar-refractivity contribution is -0.133. The molecule has 5 heteroatoms. The molecule has 0 bridgehead atoms. The Morgan fingerprint density at radius 1 is 1.00 bits per heavy atom. The Bertz CT molecular complexity index is 367. The van der Waals surface area contributed by atoms with Gasteiger partial charge < -0.3 is 15.5 Å². The van der Waals surface area contributed by atoms with E-state index < -0.39 is 0 Å². The molecule has 2 amide bonds. The van der Waals surface area contributed by atoms with Crippen LogP contribution in [0.5, 0.6) is 0 Å². The lowest BCUT2D eigenvalue weighted by Gasteiger charge is -2.33. The van der Waals surface area contributed by atoms with Crippen molar-refractivity contribution >= 4 is 11.8 Å². The maximum Gasteiger partial charge on any atom is 0.225 e. The summed E-state index contributed by atoms with van der Waals surface area (Å²) in [5.41, 5.74) is 0. The molecular weight excluding hydrogens is 254 g/mol. The molecule has 0 radical (unpaired) electrons. The minimum Gasteiger partial charge on any atom is -0.353 e. The zero-order valence-electron chi connectivity index (χ0n) is 12.1. The first-order valence-corrected chi connectivity index (χ1v) is 8.04. The summed E-state index contributed by atoms with van der Waals surface area (Å²) in [6.07, 6.45) is 6.05. The second-order valence-corrected chi connectivity index (χ2v) is 6.43. The Balaban J connectivity index is 1.41. The number of amides is 2. The highest BCUT2D eigenvalue weighted by molar-refractivity contribution is 5.81. The van der Waals surface area contributed by atoms with E-state index in [2.05, 4.69) is 10.6 Å². The predicted octanol–water partition coefficient (Wildman–Crippen LogP) is 0.503. The number of piperidine rings is 2. The summed E-state index contributed by atoms with van der Waals surface area (Å²) in [5, 5.41) is 6.46. The fourth-order valence-electron chi connectivity index (χ4n) is 3.23. The van der Waals surface area contributed by atoms with Crippen molar-refractivity contribution in [1.82, 2.24) is 15.5 Å². The molecule has 3 aliphatic rings. The molecule has 5 nitrogen and oxygen atoms in total. The van der Waals surface area contributed by atoms with Gasteiger partial charge >= 0.3 is 0 Å². The molecule has 0 aromatic heterocycles. The molecule has 3 fully saturated rings. The van der Waals surface area contributed by atoms with E-state index >= 15 is 0 Å². The molecular formula is C15H25N3O2. The Kier molecular flexibility index (Phi) is 4.24. The highest BCUT2D eigenvalue weighted by Gasteiger charge is 2.35. The quantitative estimate of drug-likeness (QED) is 0.791. The van der Waals surface area contributed by atoms with Crippen LogP contribution in [0.1, 0.15) is 38.5 Å². The summed E-state index contributed by atoms with van der Waals surface area (Å²) >= 11 is 0. The van der Waals surface area contributed by atoms with Crippen molar-refractivity contribution in [1.29, 1.82) is 0 Å². The summed E-state index contributed by atoms with van der Waals surface area (Å²) in [4.78, 5) is 26.1. The molecule has 2 heterocycles. The van der Waals surface area contributed by atoms with E-state index in [-0.39, 0.29) is 17.9 Å². The van der Waals surface area contributed by atoms with Crippen molar-refractivity contribution in [2.45, 2.75) is 44.6 Å². The summed E-state index contributed by atoms with van der Waals surface area (Å²) in [7, 11) is 0. The van der Waals surface area contributed by atoms with Crippen LogP contribution in [0.4, 0.5) is 0 Å². The van der Waals surface area contributed by atoms with Crippen LogP contribution in [0.25, 0.3) is 0 Å². The first-order chi connectivity index (χ1) is 9.74. The Labute approximate surface area is 120 Å². The van der Waals surface area contributed by atoms with Crippen molar-refractivity contribution in [3.63, 3.8) is 0 Å². The molecule has 0 unspecified atom stereocenters. The van der Waals surface area contributed by atoms with E-state index in [1.165, 1.54) is 0 Å². The summed E-state index contributed by atoms with van der Waals surface area (Å²) in [6, 6.07) is 0.257. The number of likely N-dealkylation sites (tertiary alicyclic amines) is 1. The predicted molar refractivity (Wildman–Crippen MR) is 76.1 cm³/mol. The fraction of sp³-hybridized carbons (Fsp3) is 0.867. The first-order valence-electron chi connectivity index (χ1n) is 8.04. The second-order valence-electron chi connectivity index (χ2n) is 6.43. The van der Waals surface area contributed by atoms with Gasteiger partial charge in [-0.1, -0.05) is 0 Å². The number of hydrogen-bond acceptors (Lipinski definition) is 3. The largest absolute Gasteiger partial charge is 0.353 e. The zero-order chi connectivity index (χ0) is 13.9. The molecule has 112 valence electrons. The van der Waals surface area contributed by atoms with Crippen LogP contribution in [-0.4, -0.2) is 48.9 Å². The third-order valence-corrected chi connectivity index (χ3v) is 4.75. The van der Waals surface area contributed by atoms with E-state index in [0.717, 1.165) is 64.7 Å². The molecule has 0 aromatic carbocycles. The van der Waals surface area contributed by atoms with Gasteiger partial charge in [-0.3, -0.25) is 9.59 Å². The standard InChI is InChI=1S/C15H25N3O2/c19-14(12-2-1-7-16-10-12)17-13-5-8-18(9-6-13)15(20)11-3-4-11/h11-13,16H,1-10H2,(H,17,19)/t12-/m1/s1. The van der Waals surface area contributed by atoms with Crippen LogP contribution >= 0.6 is 0 Å². The summed E-state index contributed by atoms with van der Waals surface area (Å²) < 4.78 is 0. The van der Waals surface area contributed by atoms with Gasteiger partial charge in [0.05, 0.1) is 5.92 Å². The minimum atomic E-state index is 0.134. The van der Waals surface area contributed by atoms with E-state index in [0.29, 0.717) is 11.8 Å². The molecule has 0 spiro atoms. The van der Waals surface area contributed by atoms with E-state index in [1.807, 2.05) is 4.90 Å². The zero-order valence-corrected chi connectivity index (χ0v) is 12.1. The van der Waals surface area contributed by atoms with E-state index in [1.54, 1.807) is 0 Å². The average molecular weight is 279 g/mol. The minimum absolute atomic E-state index is 0.134. The van der Waals surface area contributed by atoms with Crippen molar-refractivity contribution in [2.24, 2.45) is 11.8 Å². The van der Waals surface area contributed by atoms with Crippen molar-refractivity contribution in [2.75, 3.05) is 26.2 Å². The normalized spacial score (nSPS) is 28.2. The Morgan fingerprint density at radius 3 is 2.35 bits per heavy atom. The van der Waals surface area contributed by atoms with Crippen LogP contribution in [0.15, 0.2) is 0 Å². The maximum atomic E-state index is 12.2. The van der Waals surface area contributed by atoms with Gasteiger partial charge in [-0.05, 0) is 45.1 Å². The Hall–Kier alpha value is -1.10. The summed E-state index contributed by atoms with van der Waals surface area (Å²) in [6.45, 7) is 3.46. The Morgan fingerprint density at radius 2 is 1.75 bits per heavy atom. The van der Waals surface area contributed by atoms with Crippen molar-refractivity contribution in [3.8, 4) is 0 Å². The molecule has 1 atom stereocenters. The average Bonchev–Trinajstić information content (AvgIpc) is 3.33. The molecule has 2 aliphatic heterocycles. The molecule has 1 aliphatic carbocycles. The van der Waals surface area contributed by atoms with Gasteiger partial charge in [-0.25, -0.2) is 0 Å². The molecule has 3 rings (SSSR count). The number of carbonyl (C=O) groups is 2. The van der Waals surface area contributed by atoms with Crippen LogP contribution < -0.4 is 10.6 Å². The van der Waals surface area contributed by atoms with Gasteiger partial charge in [-0.2, -0.15) is 0 Å². The van der Waals surface area contributed by atoms with Crippen molar-refractivity contribution < 1.29 is 9.59 Å². The molecule has 20 heavy (non-hydrogen) atoms. The van der Waals surface area contributed by atoms with Crippen molar-refractivity contribution in [3.05, 3.63) is 0 Å². The molecule has 2 N–H and O–H groups in total. The first kappa shape index (κ1) is 13.9. The van der Waals surface area contributed by atoms with Gasteiger partial charge in [0.2, 0.25) is 11.8 Å². The lowest BCUT2D eigenvalue weighted by atomic mass is 9.97. The lowest BCUT2D eigenvalue weighted by Crippen LogP contribution is -2.49. The third kappa shape index (κ3) is 3.32. The van der Waals surface area contributed by atoms with E-state index in [9.17, 15) is 9.59 Å².